The van der Waals surface area contributed by atoms with Crippen LogP contribution in [0.2, 0.25) is 0 Å². The van der Waals surface area contributed by atoms with E-state index in [1.807, 2.05) is 0 Å². The molecule has 25 heavy (non-hydrogen) atoms. The molecule has 0 radical (unpaired) electrons. The van der Waals surface area contributed by atoms with Gasteiger partial charge in [0.25, 0.3) is 0 Å². The number of hydrogen-bond donors (Lipinski definition) is 0. The van der Waals surface area contributed by atoms with Gasteiger partial charge < -0.3 is 0 Å². The molecule has 0 N–H and O–H groups in total. The normalized spacial score (nSPS) is 18.0. The summed E-state index contributed by atoms with van der Waals surface area (Å²) in [5.41, 5.74) is -8.57. The Morgan fingerprint density at radius 3 is 1.00 bits per heavy atom. The summed E-state index contributed by atoms with van der Waals surface area (Å²) < 4.78 is 207. The number of rotatable bonds is 5. The van der Waals surface area contributed by atoms with Crippen molar-refractivity contribution in [1.29, 1.82) is 0 Å². The van der Waals surface area contributed by atoms with Gasteiger partial charge in [0, 0.05) is 0 Å². The molecule has 0 aliphatic rings. The van der Waals surface area contributed by atoms with Crippen molar-refractivity contribution in [2.75, 3.05) is 0 Å². The summed E-state index contributed by atoms with van der Waals surface area (Å²) in [4.78, 5) is 0. The average Bonchev–Trinajstić information content (AvgIpc) is 2.22. The Labute approximate surface area is 124 Å². The van der Waals surface area contributed by atoms with Gasteiger partial charge >= 0.3 is 122 Å². The quantitative estimate of drug-likeness (QED) is 0.340. The molecule has 0 bridgehead atoms. The zero-order valence-corrected chi connectivity index (χ0v) is 11.2. The van der Waals surface area contributed by atoms with Gasteiger partial charge in [-0.25, -0.2) is 0 Å². The maximum absolute atomic E-state index is 12.7. The Bertz CT molecular complexity index is 504. The van der Waals surface area contributed by atoms with Crippen molar-refractivity contribution in [3.63, 3.8) is 0 Å². The van der Waals surface area contributed by atoms with E-state index in [-0.39, 0.29) is 0 Å². The van der Waals surface area contributed by atoms with E-state index in [9.17, 15) is 74.1 Å². The van der Waals surface area contributed by atoms with Crippen molar-refractivity contribution in [2.24, 2.45) is 0 Å². The summed E-state index contributed by atoms with van der Waals surface area (Å²) in [5, 5.41) is 0. The predicted octanol–water partition coefficient (Wildman–Crippen LogP) is 6.71. The van der Waals surface area contributed by atoms with Crippen LogP contribution >= 0.6 is 7.76 Å². The van der Waals surface area contributed by atoms with E-state index in [1.165, 1.54) is 0 Å². The van der Waals surface area contributed by atoms with Crippen molar-refractivity contribution < 1.29 is 78.6 Å². The number of hydrogen-bond acceptors (Lipinski definition) is 1. The van der Waals surface area contributed by atoms with E-state index >= 15 is 0 Å². The van der Waals surface area contributed by atoms with Crippen LogP contribution in [-0.4, -0.2) is 36.0 Å². The van der Waals surface area contributed by atoms with Crippen LogP contribution in [-0.2, 0) is 4.52 Å². The fourth-order valence-corrected chi connectivity index (χ4v) is 2.02. The molecular formula is C6F17OP. The number of halogens is 17. The predicted molar refractivity (Wildman–Crippen MR) is 43.2 cm³/mol. The second kappa shape index (κ2) is 5.36. The SMILES string of the molecule is FC(F)(F)C(F)(F)C(F)(F)OP(F)(F)(F)C(F)(F)C(F)(F)C(F)(F)F. The molecule has 19 heteroatoms. The summed E-state index contributed by atoms with van der Waals surface area (Å²) in [6.45, 7) is 0. The van der Waals surface area contributed by atoms with Gasteiger partial charge in [-0.05, 0) is 0 Å². The Hall–Kier alpha value is -0.800. The Kier molecular flexibility index (Phi) is 5.19. The first-order valence-corrected chi connectivity index (χ1v) is 6.59. The molecule has 0 rings (SSSR count). The summed E-state index contributed by atoms with van der Waals surface area (Å²) in [5.74, 6) is -16.0. The minimum atomic E-state index is -11.5. The molecule has 0 aromatic rings. The van der Waals surface area contributed by atoms with Crippen molar-refractivity contribution in [2.45, 2.75) is 36.0 Å². The average molecular weight is 442 g/mol. The Morgan fingerprint density at radius 1 is 0.480 bits per heavy atom. The molecule has 0 unspecified atom stereocenters. The van der Waals surface area contributed by atoms with E-state index in [0.29, 0.717) is 0 Å². The van der Waals surface area contributed by atoms with E-state index in [1.54, 1.807) is 0 Å². The van der Waals surface area contributed by atoms with Gasteiger partial charge in [0.05, 0.1) is 0 Å². The summed E-state index contributed by atoms with van der Waals surface area (Å²) in [6.07, 6.45) is -23.3. The molecule has 0 atom stereocenters. The third-order valence-corrected chi connectivity index (χ3v) is 3.83. The van der Waals surface area contributed by atoms with E-state index in [0.717, 1.165) is 4.52 Å². The molecule has 0 saturated carbocycles. The molecule has 154 valence electrons. The molecule has 0 heterocycles. The monoisotopic (exact) mass is 442 g/mol. The summed E-state index contributed by atoms with van der Waals surface area (Å²) in [7, 11) is -11.5. The molecule has 0 aliphatic carbocycles. The first-order valence-electron chi connectivity index (χ1n) is 4.76. The second-order valence-electron chi connectivity index (χ2n) is 4.04. The molecule has 0 aliphatic heterocycles. The van der Waals surface area contributed by atoms with Crippen LogP contribution in [0.1, 0.15) is 0 Å². The zero-order chi connectivity index (χ0) is 21.2. The zero-order valence-electron chi connectivity index (χ0n) is 10.3. The van der Waals surface area contributed by atoms with Crippen LogP contribution in [0.15, 0.2) is 0 Å². The van der Waals surface area contributed by atoms with Gasteiger partial charge in [0.1, 0.15) is 0 Å². The first-order chi connectivity index (χ1) is 10.2. The molecule has 0 aromatic carbocycles. The van der Waals surface area contributed by atoms with Crippen LogP contribution in [0.5, 0.6) is 0 Å². The van der Waals surface area contributed by atoms with Crippen LogP contribution in [0.4, 0.5) is 74.1 Å². The van der Waals surface area contributed by atoms with Gasteiger partial charge in [-0.1, -0.05) is 0 Å². The van der Waals surface area contributed by atoms with Crippen molar-refractivity contribution >= 4 is 7.76 Å². The molecule has 0 amide bonds. The minimum absolute atomic E-state index is 0.748. The summed E-state index contributed by atoms with van der Waals surface area (Å²) >= 11 is 0. The van der Waals surface area contributed by atoms with Crippen LogP contribution < -0.4 is 0 Å². The Balaban J connectivity index is 6.29. The second-order valence-corrected chi connectivity index (χ2v) is 6.27. The Morgan fingerprint density at radius 2 is 0.760 bits per heavy atom. The molecule has 0 aromatic heterocycles. The fourth-order valence-electron chi connectivity index (χ4n) is 0.854. The molecule has 0 fully saturated rings. The molecule has 1 nitrogen and oxygen atoms in total. The number of alkyl halides is 14. The van der Waals surface area contributed by atoms with Crippen molar-refractivity contribution in [3.05, 3.63) is 0 Å². The van der Waals surface area contributed by atoms with Gasteiger partial charge in [0.15, 0.2) is 0 Å². The fraction of sp³-hybridized carbons (Fsp3) is 1.00. The van der Waals surface area contributed by atoms with Crippen molar-refractivity contribution in [1.82, 2.24) is 0 Å². The third kappa shape index (κ3) is 3.55. The van der Waals surface area contributed by atoms with Gasteiger partial charge in [-0.15, -0.1) is 0 Å². The third-order valence-electron chi connectivity index (χ3n) is 2.15. The van der Waals surface area contributed by atoms with Gasteiger partial charge in [0.2, 0.25) is 0 Å². The van der Waals surface area contributed by atoms with Gasteiger partial charge in [-0.3, -0.25) is 0 Å². The standard InChI is InChI=1S/C6F17OP/c7-1(8,3(11,12)13)5(17,18)24-25(21,22,23)6(19,20)2(9,10)4(14,15)16. The maximum atomic E-state index is 12.7. The molecular weight excluding hydrogens is 442 g/mol. The van der Waals surface area contributed by atoms with Crippen LogP contribution in [0.25, 0.3) is 0 Å². The van der Waals surface area contributed by atoms with Crippen molar-refractivity contribution in [3.8, 4) is 0 Å². The van der Waals surface area contributed by atoms with Crippen LogP contribution in [0, 0.1) is 0 Å². The summed E-state index contributed by atoms with van der Waals surface area (Å²) in [6, 6.07) is 0. The molecule has 0 spiro atoms. The van der Waals surface area contributed by atoms with Gasteiger partial charge in [-0.2, -0.15) is 0 Å². The topological polar surface area (TPSA) is 9.23 Å². The van der Waals surface area contributed by atoms with E-state index in [4.69, 9.17) is 0 Å². The van der Waals surface area contributed by atoms with E-state index < -0.39 is 43.7 Å². The van der Waals surface area contributed by atoms with Crippen LogP contribution in [0.3, 0.4) is 0 Å². The molecule has 0 saturated heterocycles. The van der Waals surface area contributed by atoms with E-state index in [2.05, 4.69) is 0 Å². The first kappa shape index (κ1) is 24.2.